The van der Waals surface area contributed by atoms with Crippen molar-refractivity contribution < 1.29 is 28.6 Å². The summed E-state index contributed by atoms with van der Waals surface area (Å²) in [6, 6.07) is 0. The van der Waals surface area contributed by atoms with Gasteiger partial charge in [0.2, 0.25) is 0 Å². The number of carbonyl (C=O) groups excluding carboxylic acids is 3. The molecule has 0 heterocycles. The van der Waals surface area contributed by atoms with E-state index in [1.807, 2.05) is 0 Å². The van der Waals surface area contributed by atoms with E-state index in [1.165, 1.54) is 154 Å². The van der Waals surface area contributed by atoms with E-state index < -0.39 is 6.10 Å². The molecular weight excluding hydrogens is 1020 g/mol. The zero-order valence-electron chi connectivity index (χ0n) is 54.4. The SMILES string of the molecule is CC/C=C\C/C=C\C/C=C\C/C=C\CCCCCCCCC(=O)OC(COC(=O)CCCCCCCCC/C=C\C/C=C\C/C=C\CC)COC(=O)CCCCCCCCCCCCCCCC/C=C\C/C=C\C/C=C\CCCCCCC. The minimum absolute atomic E-state index is 0.0885. The van der Waals surface area contributed by atoms with Crippen LogP contribution in [-0.4, -0.2) is 37.2 Å². The fraction of sp³-hybridized carbons (Fsp3) is 0.701. The van der Waals surface area contributed by atoms with E-state index in [2.05, 4.69) is 142 Å². The number of unbranched alkanes of at least 4 members (excludes halogenated alkanes) is 32. The number of carbonyl (C=O) groups is 3. The van der Waals surface area contributed by atoms with Gasteiger partial charge >= 0.3 is 17.9 Å². The molecule has 474 valence electrons. The molecule has 0 aliphatic rings. The Bertz CT molecular complexity index is 1700. The Morgan fingerprint density at radius 2 is 0.470 bits per heavy atom. The predicted molar refractivity (Wildman–Crippen MR) is 362 cm³/mol. The van der Waals surface area contributed by atoms with Crippen LogP contribution in [0.1, 0.15) is 329 Å². The molecule has 83 heavy (non-hydrogen) atoms. The molecule has 6 heteroatoms. The number of rotatable bonds is 63. The number of esters is 3. The Hall–Kier alpha value is -4.19. The molecule has 6 nitrogen and oxygen atoms in total. The van der Waals surface area contributed by atoms with Crippen LogP contribution in [0.4, 0.5) is 0 Å². The van der Waals surface area contributed by atoms with Crippen LogP contribution in [-0.2, 0) is 28.6 Å². The number of hydrogen-bond donors (Lipinski definition) is 0. The predicted octanol–water partition coefficient (Wildman–Crippen LogP) is 24.3. The Morgan fingerprint density at radius 1 is 0.253 bits per heavy atom. The van der Waals surface area contributed by atoms with Crippen LogP contribution >= 0.6 is 0 Å². The number of hydrogen-bond acceptors (Lipinski definition) is 6. The quantitative estimate of drug-likeness (QED) is 0.0261. The molecule has 0 N–H and O–H groups in total. The highest BCUT2D eigenvalue weighted by Crippen LogP contribution is 2.17. The number of ether oxygens (including phenoxy) is 3. The zero-order chi connectivity index (χ0) is 59.9. The van der Waals surface area contributed by atoms with Gasteiger partial charge in [-0.05, 0) is 128 Å². The van der Waals surface area contributed by atoms with Crippen molar-refractivity contribution in [3.8, 4) is 0 Å². The molecule has 0 aliphatic carbocycles. The average Bonchev–Trinajstić information content (AvgIpc) is 3.49. The highest BCUT2D eigenvalue weighted by atomic mass is 16.6. The van der Waals surface area contributed by atoms with Gasteiger partial charge in [0.05, 0.1) is 0 Å². The molecule has 0 spiro atoms. The third kappa shape index (κ3) is 68.5. The highest BCUT2D eigenvalue weighted by molar-refractivity contribution is 5.71. The van der Waals surface area contributed by atoms with Gasteiger partial charge in [-0.2, -0.15) is 0 Å². The van der Waals surface area contributed by atoms with Gasteiger partial charge in [-0.25, -0.2) is 0 Å². The number of allylic oxidation sites excluding steroid dienone is 20. The molecule has 1 atom stereocenters. The van der Waals surface area contributed by atoms with Crippen molar-refractivity contribution in [3.63, 3.8) is 0 Å². The highest BCUT2D eigenvalue weighted by Gasteiger charge is 2.19. The Balaban J connectivity index is 4.34. The molecule has 0 saturated heterocycles. The van der Waals surface area contributed by atoms with Crippen molar-refractivity contribution in [1.29, 1.82) is 0 Å². The van der Waals surface area contributed by atoms with Gasteiger partial charge < -0.3 is 14.2 Å². The second kappa shape index (κ2) is 70.3. The van der Waals surface area contributed by atoms with Crippen molar-refractivity contribution in [2.75, 3.05) is 13.2 Å². The zero-order valence-corrected chi connectivity index (χ0v) is 54.4. The molecule has 0 fully saturated rings. The molecule has 0 amide bonds. The van der Waals surface area contributed by atoms with Gasteiger partial charge in [0, 0.05) is 19.3 Å². The first kappa shape index (κ1) is 78.8. The maximum absolute atomic E-state index is 12.9. The lowest BCUT2D eigenvalue weighted by Crippen LogP contribution is -2.30. The molecule has 0 radical (unpaired) electrons. The summed E-state index contributed by atoms with van der Waals surface area (Å²) >= 11 is 0. The van der Waals surface area contributed by atoms with Crippen LogP contribution < -0.4 is 0 Å². The molecule has 0 saturated carbocycles. The van der Waals surface area contributed by atoms with Crippen LogP contribution in [0.25, 0.3) is 0 Å². The largest absolute Gasteiger partial charge is 0.462 e. The van der Waals surface area contributed by atoms with E-state index >= 15 is 0 Å². The van der Waals surface area contributed by atoms with Crippen molar-refractivity contribution >= 4 is 17.9 Å². The maximum atomic E-state index is 12.9. The van der Waals surface area contributed by atoms with Gasteiger partial charge in [0.1, 0.15) is 13.2 Å². The summed E-state index contributed by atoms with van der Waals surface area (Å²) in [7, 11) is 0. The summed E-state index contributed by atoms with van der Waals surface area (Å²) in [6.07, 6.45) is 97.9. The monoisotopic (exact) mass is 1150 g/mol. The van der Waals surface area contributed by atoms with Crippen molar-refractivity contribution in [2.24, 2.45) is 0 Å². The summed E-state index contributed by atoms with van der Waals surface area (Å²) in [6.45, 7) is 6.41. The first-order valence-electron chi connectivity index (χ1n) is 35.0. The first-order chi connectivity index (χ1) is 41.0. The molecular formula is C77H130O6. The van der Waals surface area contributed by atoms with Gasteiger partial charge in [0.15, 0.2) is 6.10 Å². The summed E-state index contributed by atoms with van der Waals surface area (Å²) in [5, 5.41) is 0. The Kier molecular flexibility index (Phi) is 66.7. The molecule has 0 aliphatic heterocycles. The van der Waals surface area contributed by atoms with E-state index in [4.69, 9.17) is 14.2 Å². The summed E-state index contributed by atoms with van der Waals surface area (Å²) in [5.74, 6) is -0.903. The molecule has 0 bridgehead atoms. The molecule has 0 aromatic rings. The van der Waals surface area contributed by atoms with Gasteiger partial charge in [-0.15, -0.1) is 0 Å². The molecule has 0 aromatic heterocycles. The van der Waals surface area contributed by atoms with Gasteiger partial charge in [0.25, 0.3) is 0 Å². The lowest BCUT2D eigenvalue weighted by molar-refractivity contribution is -0.167. The maximum Gasteiger partial charge on any atom is 0.306 e. The van der Waals surface area contributed by atoms with E-state index in [9.17, 15) is 14.4 Å². The molecule has 0 aromatic carbocycles. The lowest BCUT2D eigenvalue weighted by Gasteiger charge is -2.18. The minimum Gasteiger partial charge on any atom is -0.462 e. The minimum atomic E-state index is -0.795. The summed E-state index contributed by atoms with van der Waals surface area (Å²) in [5.41, 5.74) is 0. The Morgan fingerprint density at radius 3 is 0.735 bits per heavy atom. The second-order valence-corrected chi connectivity index (χ2v) is 23.0. The van der Waals surface area contributed by atoms with E-state index in [1.54, 1.807) is 0 Å². The average molecular weight is 1150 g/mol. The van der Waals surface area contributed by atoms with Gasteiger partial charge in [-0.3, -0.25) is 14.4 Å². The van der Waals surface area contributed by atoms with Crippen LogP contribution in [0, 0.1) is 0 Å². The van der Waals surface area contributed by atoms with E-state index in [0.717, 1.165) is 135 Å². The van der Waals surface area contributed by atoms with Crippen molar-refractivity contribution in [3.05, 3.63) is 122 Å². The standard InChI is InChI=1S/C77H130O6/c1-4-7-10-13-16-19-22-25-28-31-33-34-35-36-37-38-39-40-41-42-44-46-49-52-55-58-61-64-67-70-76(79)82-73-74(72-81-75(78)69-66-63-60-57-54-51-48-45-30-27-24-21-18-15-12-9-6-3)83-77(80)71-68-65-62-59-56-53-50-47-43-32-29-26-23-20-17-14-11-8-5-2/h8-9,11-12,17-18,20-22,25-27,29-31,33,35-36,43,47,74H,4-7,10,13-16,19,23-24,28,32,34,37-42,44-46,48-73H2,1-3H3/b11-8-,12-9-,20-17-,21-18-,25-22-,29-26-,30-27-,33-31-,36-35-,47-43-. The topological polar surface area (TPSA) is 78.9 Å². The van der Waals surface area contributed by atoms with Crippen molar-refractivity contribution in [1.82, 2.24) is 0 Å². The van der Waals surface area contributed by atoms with Gasteiger partial charge in [-0.1, -0.05) is 303 Å². The summed E-state index contributed by atoms with van der Waals surface area (Å²) in [4.78, 5) is 38.5. The van der Waals surface area contributed by atoms with E-state index in [0.29, 0.717) is 19.3 Å². The Labute approximate surface area is 513 Å². The van der Waals surface area contributed by atoms with Crippen LogP contribution in [0.2, 0.25) is 0 Å². The third-order valence-corrected chi connectivity index (χ3v) is 14.9. The van der Waals surface area contributed by atoms with E-state index in [-0.39, 0.29) is 31.1 Å². The normalized spacial score (nSPS) is 12.9. The second-order valence-electron chi connectivity index (χ2n) is 23.0. The first-order valence-corrected chi connectivity index (χ1v) is 35.0. The molecule has 0 rings (SSSR count). The van der Waals surface area contributed by atoms with Crippen LogP contribution in [0.3, 0.4) is 0 Å². The van der Waals surface area contributed by atoms with Crippen LogP contribution in [0.5, 0.6) is 0 Å². The third-order valence-electron chi connectivity index (χ3n) is 14.9. The van der Waals surface area contributed by atoms with Crippen LogP contribution in [0.15, 0.2) is 122 Å². The lowest BCUT2D eigenvalue weighted by atomic mass is 10.0. The molecule has 1 unspecified atom stereocenters. The summed E-state index contributed by atoms with van der Waals surface area (Å²) < 4.78 is 17.0. The smallest absolute Gasteiger partial charge is 0.306 e. The fourth-order valence-corrected chi connectivity index (χ4v) is 9.75. The van der Waals surface area contributed by atoms with Crippen molar-refractivity contribution in [2.45, 2.75) is 335 Å². The fourth-order valence-electron chi connectivity index (χ4n) is 9.75.